The fourth-order valence-corrected chi connectivity index (χ4v) is 16.9. The second-order valence-electron chi connectivity index (χ2n) is 27.6. The number of carbonyl (C=O) groups excluding carboxylic acids is 3. The molecule has 0 bridgehead atoms. The van der Waals surface area contributed by atoms with Gasteiger partial charge in [0, 0.05) is 91.2 Å². The van der Waals surface area contributed by atoms with E-state index in [2.05, 4.69) is 24.1 Å². The Bertz CT molecular complexity index is 6080. The lowest BCUT2D eigenvalue weighted by atomic mass is 10.1. The Morgan fingerprint density at radius 1 is 0.391 bits per heavy atom. The monoisotopic (exact) mass is 1720 g/mol. The van der Waals surface area contributed by atoms with Crippen LogP contribution < -0.4 is 28.4 Å². The third-order valence-corrected chi connectivity index (χ3v) is 24.6. The molecule has 0 fully saturated rings. The minimum Gasteiger partial charge on any atom is -0.494 e. The van der Waals surface area contributed by atoms with Gasteiger partial charge in [-0.3, -0.25) is 24.4 Å². The molecule has 0 saturated heterocycles. The van der Waals surface area contributed by atoms with Crippen molar-refractivity contribution >= 4 is 150 Å². The summed E-state index contributed by atoms with van der Waals surface area (Å²) in [6, 6.07) is 50.6. The number of hydrogen-bond donors (Lipinski definition) is 3. The van der Waals surface area contributed by atoms with Gasteiger partial charge in [0.1, 0.15) is 34.3 Å². The van der Waals surface area contributed by atoms with E-state index in [1.807, 2.05) is 120 Å². The number of pyridine rings is 2. The van der Waals surface area contributed by atoms with E-state index < -0.39 is 47.8 Å². The van der Waals surface area contributed by atoms with E-state index in [0.717, 1.165) is 106 Å². The van der Waals surface area contributed by atoms with Crippen LogP contribution in [-0.2, 0) is 69.5 Å². The number of amides is 3. The van der Waals surface area contributed by atoms with Crippen LogP contribution in [-0.4, -0.2) is 92.7 Å². The third-order valence-electron chi connectivity index (χ3n) is 18.9. The van der Waals surface area contributed by atoms with Crippen LogP contribution in [0.4, 0.5) is 0 Å². The van der Waals surface area contributed by atoms with Crippen molar-refractivity contribution in [1.82, 2.24) is 37.8 Å². The van der Waals surface area contributed by atoms with E-state index in [9.17, 15) is 39.6 Å². The minimum atomic E-state index is -4.12. The average molecular weight is 1730 g/mol. The van der Waals surface area contributed by atoms with Gasteiger partial charge in [-0.15, -0.1) is 0 Å². The van der Waals surface area contributed by atoms with E-state index >= 15 is 0 Å². The standard InChI is InChI=1S/C32H29Cl2N3O4S.C27H27Cl2N3O4S.C27H26Cl2N2O4S/c1-21-16-25(17-22(2)30(21)34)41-15-7-11-28-27-13-12-24(33)18-29(27)37(20-23-8-6-14-35-19-23)31(28)32(38)36-42(39,40)26-9-4-3-5-10-26;1-17-12-21(13-18(2)25(17)29)36-11-5-7-23-22-9-8-20(28)14-24(22)32(16-19-6-4-10-30-15-19)26(23)27(33)31-37(3,34)35;1-17-14-20(15-18(2)25(17)29)35-13-7-10-23-22-12-11-19(28)16-24(22)31(3)26(23)27(32)30-36(33,34)21-8-5-4-6-9-21/h3-6,8-10,12-14,16-19H,7,11,15,20H2,1-2H3,(H,36,38);4,6,8-10,12-15H,5,7,11,16H2,1-3H3,(H,31,33);4-6,8-9,11-12,14-16H,7,10,13H2,1-3H3,(H,30,32). The molecule has 3 amide bonds. The third kappa shape index (κ3) is 21.4. The molecule has 598 valence electrons. The number of carbonyl (C=O) groups is 3. The molecule has 5 heterocycles. The Labute approximate surface area is 698 Å². The van der Waals surface area contributed by atoms with Gasteiger partial charge in [-0.1, -0.05) is 136 Å². The van der Waals surface area contributed by atoms with Gasteiger partial charge in [0.15, 0.2) is 0 Å². The fraction of sp³-hybridized carbons (Fsp3) is 0.221. The van der Waals surface area contributed by atoms with E-state index in [1.54, 1.807) is 118 Å². The number of nitrogens with one attached hydrogen (secondary N) is 3. The van der Waals surface area contributed by atoms with Gasteiger partial charge in [-0.25, -0.2) is 39.4 Å². The van der Waals surface area contributed by atoms with Crippen LogP contribution in [0.2, 0.25) is 30.1 Å². The Balaban J connectivity index is 0.000000170. The summed E-state index contributed by atoms with van der Waals surface area (Å²) in [6.45, 7) is 13.4. The molecule has 0 radical (unpaired) electrons. The number of sulfonamides is 3. The first-order valence-electron chi connectivity index (χ1n) is 36.4. The summed E-state index contributed by atoms with van der Waals surface area (Å²) in [5, 5.41) is 6.15. The average Bonchev–Trinajstić information content (AvgIpc) is 1.63. The summed E-state index contributed by atoms with van der Waals surface area (Å²) >= 11 is 37.7. The van der Waals surface area contributed by atoms with E-state index in [-0.39, 0.29) is 26.9 Å². The van der Waals surface area contributed by atoms with E-state index in [0.29, 0.717) is 113 Å². The number of nitrogens with zero attached hydrogens (tertiary/aromatic N) is 5. The number of benzene rings is 8. The molecule has 20 nitrogen and oxygen atoms in total. The maximum atomic E-state index is 13.9. The molecule has 29 heteroatoms. The predicted molar refractivity (Wildman–Crippen MR) is 457 cm³/mol. The lowest BCUT2D eigenvalue weighted by molar-refractivity contribution is 0.0963. The van der Waals surface area contributed by atoms with Gasteiger partial charge in [-0.2, -0.15) is 0 Å². The highest BCUT2D eigenvalue weighted by molar-refractivity contribution is 7.90. The number of ether oxygens (including phenoxy) is 3. The maximum absolute atomic E-state index is 13.9. The van der Waals surface area contributed by atoms with Gasteiger partial charge in [-0.05, 0) is 250 Å². The normalized spacial score (nSPS) is 11.6. The quantitative estimate of drug-likeness (QED) is 0.0405. The molecule has 0 unspecified atom stereocenters. The topological polar surface area (TPSA) is 258 Å². The van der Waals surface area contributed by atoms with Crippen LogP contribution in [0, 0.1) is 41.5 Å². The molecule has 0 aliphatic rings. The van der Waals surface area contributed by atoms with Gasteiger partial charge in [0.05, 0.1) is 52.4 Å². The van der Waals surface area contributed by atoms with Crippen molar-refractivity contribution in [3.8, 4) is 17.2 Å². The molecule has 0 aliphatic carbocycles. The summed E-state index contributed by atoms with van der Waals surface area (Å²) in [6.07, 6.45) is 10.9. The molecule has 0 atom stereocenters. The van der Waals surface area contributed by atoms with Gasteiger partial charge in [0.25, 0.3) is 37.8 Å². The van der Waals surface area contributed by atoms with Gasteiger partial charge >= 0.3 is 0 Å². The van der Waals surface area contributed by atoms with Crippen molar-refractivity contribution in [2.75, 3.05) is 26.1 Å². The molecule has 3 N–H and O–H groups in total. The lowest BCUT2D eigenvalue weighted by Crippen LogP contribution is -2.33. The number of fused-ring (bicyclic) bond motifs is 3. The summed E-state index contributed by atoms with van der Waals surface area (Å²) in [7, 11) is -10.2. The molecule has 0 saturated carbocycles. The van der Waals surface area contributed by atoms with Crippen molar-refractivity contribution in [1.29, 1.82) is 0 Å². The Morgan fingerprint density at radius 2 is 0.704 bits per heavy atom. The highest BCUT2D eigenvalue weighted by atomic mass is 35.5. The Kier molecular flexibility index (Phi) is 28.2. The van der Waals surface area contributed by atoms with Crippen LogP contribution in [0.1, 0.15) is 112 Å². The first-order chi connectivity index (χ1) is 54.7. The zero-order chi connectivity index (χ0) is 82.6. The van der Waals surface area contributed by atoms with Gasteiger partial charge in [0.2, 0.25) is 10.0 Å². The Hall–Kier alpha value is -9.92. The molecule has 13 aromatic rings. The van der Waals surface area contributed by atoms with E-state index in [1.165, 1.54) is 24.3 Å². The summed E-state index contributed by atoms with van der Waals surface area (Å²) < 4.78 is 106. The molecule has 0 spiro atoms. The first-order valence-corrected chi connectivity index (χ1v) is 43.5. The van der Waals surface area contributed by atoms with Crippen molar-refractivity contribution in [3.05, 3.63) is 309 Å². The second-order valence-corrected chi connectivity index (χ2v) is 35.1. The van der Waals surface area contributed by atoms with Crippen molar-refractivity contribution in [2.24, 2.45) is 7.05 Å². The number of halogens is 6. The van der Waals surface area contributed by atoms with Crippen LogP contribution >= 0.6 is 69.6 Å². The number of aromatic nitrogens is 5. The van der Waals surface area contributed by atoms with Gasteiger partial charge < -0.3 is 27.9 Å². The summed E-state index contributed by atoms with van der Waals surface area (Å²) in [5.74, 6) is 0.0421. The molecular formula is C86H82Cl6N8O12S3. The lowest BCUT2D eigenvalue weighted by Gasteiger charge is -2.14. The zero-order valence-corrected chi connectivity index (χ0v) is 70.9. The summed E-state index contributed by atoms with van der Waals surface area (Å²) in [5.41, 5.74) is 12.5. The second kappa shape index (κ2) is 37.8. The van der Waals surface area contributed by atoms with Crippen LogP contribution in [0.15, 0.2) is 211 Å². The molecular weight excluding hydrogens is 1650 g/mol. The summed E-state index contributed by atoms with van der Waals surface area (Å²) in [4.78, 5) is 48.9. The smallest absolute Gasteiger partial charge is 0.281 e. The van der Waals surface area contributed by atoms with E-state index in [4.69, 9.17) is 83.8 Å². The van der Waals surface area contributed by atoms with Crippen molar-refractivity contribution in [3.63, 3.8) is 0 Å². The molecule has 5 aromatic heterocycles. The van der Waals surface area contributed by atoms with Crippen molar-refractivity contribution in [2.45, 2.75) is 103 Å². The van der Waals surface area contributed by atoms with Crippen LogP contribution in [0.5, 0.6) is 17.2 Å². The first kappa shape index (κ1) is 86.0. The SMILES string of the molecule is Cc1cc(OCCCc2c(C(=O)NS(=O)(=O)c3ccccc3)n(C)c3cc(Cl)ccc23)cc(C)c1Cl.Cc1cc(OCCCc2c(C(=O)NS(=O)(=O)c3ccccc3)n(Cc3cccnc3)c3cc(Cl)ccc23)cc(C)c1Cl.Cc1cc(OCCCc2c(C(=O)NS(C)(=O)=O)n(Cc3cccnc3)c3cc(Cl)ccc23)cc(C)c1Cl. The zero-order valence-electron chi connectivity index (χ0n) is 64.0. The highest BCUT2D eigenvalue weighted by Crippen LogP contribution is 2.36. The molecule has 8 aromatic carbocycles. The predicted octanol–water partition coefficient (Wildman–Crippen LogP) is 19.1. The van der Waals surface area contributed by atoms with Crippen LogP contribution in [0.3, 0.4) is 0 Å². The highest BCUT2D eigenvalue weighted by Gasteiger charge is 2.30. The van der Waals surface area contributed by atoms with Crippen molar-refractivity contribution < 1.29 is 53.8 Å². The molecule has 0 aliphatic heterocycles. The minimum absolute atomic E-state index is 0.000170. The van der Waals surface area contributed by atoms with Crippen LogP contribution in [0.25, 0.3) is 32.7 Å². The molecule has 13 rings (SSSR count). The largest absolute Gasteiger partial charge is 0.494 e. The fourth-order valence-electron chi connectivity index (χ4n) is 13.7. The number of hydrogen-bond acceptors (Lipinski definition) is 14. The maximum Gasteiger partial charge on any atom is 0.281 e. The number of rotatable bonds is 27. The Morgan fingerprint density at radius 3 is 1.03 bits per heavy atom. The number of aryl methyl sites for hydroxylation is 10. The molecule has 115 heavy (non-hydrogen) atoms.